The van der Waals surface area contributed by atoms with Crippen molar-refractivity contribution in [1.29, 1.82) is 0 Å². The molecule has 7 heteroatoms. The van der Waals surface area contributed by atoms with E-state index in [0.717, 1.165) is 32.5 Å². The number of amides is 1. The molecule has 1 atom stereocenters. The first-order valence-electron chi connectivity index (χ1n) is 9.85. The van der Waals surface area contributed by atoms with Crippen LogP contribution in [0.3, 0.4) is 0 Å². The summed E-state index contributed by atoms with van der Waals surface area (Å²) in [4.78, 5) is 21.6. The zero-order valence-electron chi connectivity index (χ0n) is 17.1. The molecule has 0 saturated heterocycles. The Labute approximate surface area is 183 Å². The van der Waals surface area contributed by atoms with Crippen LogP contribution < -0.4 is 5.32 Å². The molecular weight excluding hydrogens is 414 g/mol. The Morgan fingerprint density at radius 3 is 2.73 bits per heavy atom. The quantitative estimate of drug-likeness (QED) is 0.385. The van der Waals surface area contributed by atoms with E-state index in [1.807, 2.05) is 43.5 Å². The molecule has 0 aliphatic heterocycles. The van der Waals surface area contributed by atoms with Gasteiger partial charge >= 0.3 is 0 Å². The second-order valence-electron chi connectivity index (χ2n) is 7.07. The van der Waals surface area contributed by atoms with Gasteiger partial charge in [0.25, 0.3) is 0 Å². The molecule has 0 aliphatic carbocycles. The van der Waals surface area contributed by atoms with Gasteiger partial charge in [-0.3, -0.25) is 4.79 Å². The van der Waals surface area contributed by atoms with Crippen LogP contribution >= 0.6 is 22.7 Å². The highest BCUT2D eigenvalue weighted by Crippen LogP contribution is 2.31. The van der Waals surface area contributed by atoms with Gasteiger partial charge in [-0.05, 0) is 62.7 Å². The molecule has 0 saturated carbocycles. The number of aryl methyl sites for hydroxylation is 1. The summed E-state index contributed by atoms with van der Waals surface area (Å²) in [7, 11) is 0. The second-order valence-corrected chi connectivity index (χ2v) is 8.99. The number of thiazole rings is 2. The van der Waals surface area contributed by atoms with Crippen LogP contribution in [0.1, 0.15) is 36.2 Å². The van der Waals surface area contributed by atoms with E-state index in [0.29, 0.717) is 6.61 Å². The van der Waals surface area contributed by atoms with E-state index in [1.165, 1.54) is 21.6 Å². The van der Waals surface area contributed by atoms with Gasteiger partial charge in [0.05, 0.1) is 22.3 Å². The lowest BCUT2D eigenvalue weighted by Gasteiger charge is -2.07. The Balaban J connectivity index is 1.40. The van der Waals surface area contributed by atoms with Gasteiger partial charge < -0.3 is 10.1 Å². The Hall–Kier alpha value is -2.61. The normalized spacial score (nSPS) is 12.2. The first kappa shape index (κ1) is 20.7. The van der Waals surface area contributed by atoms with Crippen LogP contribution in [0.15, 0.2) is 47.8 Å². The van der Waals surface area contributed by atoms with Gasteiger partial charge in [-0.25, -0.2) is 9.97 Å². The van der Waals surface area contributed by atoms with Crippen molar-refractivity contribution in [2.75, 3.05) is 11.9 Å². The molecule has 0 radical (unpaired) electrons. The monoisotopic (exact) mass is 437 g/mol. The SMILES string of the molecule is CCOC(C)c1nc(CC(=O)Nc2ccc(-c3nc4ccc(C)cc4s3)cc2)cs1. The third-order valence-electron chi connectivity index (χ3n) is 4.64. The molecule has 2 heterocycles. The molecule has 30 heavy (non-hydrogen) atoms. The molecule has 1 unspecified atom stereocenters. The molecule has 1 amide bonds. The molecule has 0 fully saturated rings. The van der Waals surface area contributed by atoms with E-state index >= 15 is 0 Å². The van der Waals surface area contributed by atoms with Crippen LogP contribution in [0.5, 0.6) is 0 Å². The van der Waals surface area contributed by atoms with Gasteiger partial charge in [0.2, 0.25) is 5.91 Å². The van der Waals surface area contributed by atoms with E-state index in [9.17, 15) is 4.79 Å². The Morgan fingerprint density at radius 2 is 1.97 bits per heavy atom. The summed E-state index contributed by atoms with van der Waals surface area (Å²) in [6.07, 6.45) is 0.199. The first-order chi connectivity index (χ1) is 14.5. The Morgan fingerprint density at radius 1 is 1.17 bits per heavy atom. The number of rotatable bonds is 7. The molecule has 0 bridgehead atoms. The zero-order chi connectivity index (χ0) is 21.1. The smallest absolute Gasteiger partial charge is 0.230 e. The van der Waals surface area contributed by atoms with E-state index < -0.39 is 0 Å². The number of anilines is 1. The molecule has 0 aliphatic rings. The van der Waals surface area contributed by atoms with Crippen molar-refractivity contribution < 1.29 is 9.53 Å². The number of hydrogen-bond donors (Lipinski definition) is 1. The number of carbonyl (C=O) groups is 1. The molecule has 5 nitrogen and oxygen atoms in total. The molecule has 0 spiro atoms. The van der Waals surface area contributed by atoms with E-state index in [1.54, 1.807) is 11.3 Å². The van der Waals surface area contributed by atoms with Gasteiger partial charge in [0.1, 0.15) is 16.1 Å². The lowest BCUT2D eigenvalue weighted by Crippen LogP contribution is -2.14. The van der Waals surface area contributed by atoms with Crippen LogP contribution in [0.25, 0.3) is 20.8 Å². The number of aromatic nitrogens is 2. The summed E-state index contributed by atoms with van der Waals surface area (Å²) in [5.74, 6) is -0.0841. The third kappa shape index (κ3) is 4.75. The van der Waals surface area contributed by atoms with Crippen LogP contribution in [-0.2, 0) is 16.0 Å². The molecule has 1 N–H and O–H groups in total. The molecule has 154 valence electrons. The maximum absolute atomic E-state index is 12.4. The topological polar surface area (TPSA) is 64.1 Å². The molecule has 2 aromatic carbocycles. The predicted octanol–water partition coefficient (Wildman–Crippen LogP) is 6.01. The third-order valence-corrected chi connectivity index (χ3v) is 6.76. The maximum atomic E-state index is 12.4. The van der Waals surface area contributed by atoms with Crippen LogP contribution in [-0.4, -0.2) is 22.5 Å². The van der Waals surface area contributed by atoms with Gasteiger partial charge in [0.15, 0.2) is 0 Å². The number of ether oxygens (including phenoxy) is 1. The summed E-state index contributed by atoms with van der Waals surface area (Å²) in [5, 5.41) is 6.74. The predicted molar refractivity (Wildman–Crippen MR) is 124 cm³/mol. The summed E-state index contributed by atoms with van der Waals surface area (Å²) >= 11 is 3.20. The second kappa shape index (κ2) is 9.04. The fraction of sp³-hybridized carbons (Fsp3) is 0.261. The number of nitrogens with zero attached hydrogens (tertiary/aromatic N) is 2. The van der Waals surface area contributed by atoms with Gasteiger partial charge in [0, 0.05) is 23.2 Å². The van der Waals surface area contributed by atoms with Gasteiger partial charge in [-0.1, -0.05) is 6.07 Å². The van der Waals surface area contributed by atoms with Gasteiger partial charge in [-0.2, -0.15) is 0 Å². The summed E-state index contributed by atoms with van der Waals surface area (Å²) in [6.45, 7) is 6.66. The number of hydrogen-bond acceptors (Lipinski definition) is 6. The highest BCUT2D eigenvalue weighted by Gasteiger charge is 2.13. The molecule has 2 aromatic heterocycles. The maximum Gasteiger partial charge on any atom is 0.230 e. The average molecular weight is 438 g/mol. The fourth-order valence-electron chi connectivity index (χ4n) is 3.13. The van der Waals surface area contributed by atoms with Crippen LogP contribution in [0.2, 0.25) is 0 Å². The lowest BCUT2D eigenvalue weighted by molar-refractivity contribution is -0.115. The molecule has 4 aromatic rings. The fourth-order valence-corrected chi connectivity index (χ4v) is 5.02. The van der Waals surface area contributed by atoms with Crippen molar-refractivity contribution in [2.24, 2.45) is 0 Å². The summed E-state index contributed by atoms with van der Waals surface area (Å²) in [6, 6.07) is 14.1. The number of carbonyl (C=O) groups excluding carboxylic acids is 1. The lowest BCUT2D eigenvalue weighted by atomic mass is 10.2. The van der Waals surface area contributed by atoms with Crippen LogP contribution in [0, 0.1) is 6.92 Å². The number of nitrogens with one attached hydrogen (secondary N) is 1. The van der Waals surface area contributed by atoms with Crippen molar-refractivity contribution in [2.45, 2.75) is 33.3 Å². The number of fused-ring (bicyclic) bond motifs is 1. The van der Waals surface area contributed by atoms with Gasteiger partial charge in [-0.15, -0.1) is 22.7 Å². The Bertz CT molecular complexity index is 1160. The minimum Gasteiger partial charge on any atom is -0.372 e. The summed E-state index contributed by atoms with van der Waals surface area (Å²) in [5.41, 5.74) is 4.81. The average Bonchev–Trinajstić information content (AvgIpc) is 3.35. The first-order valence-corrected chi connectivity index (χ1v) is 11.5. The van der Waals surface area contributed by atoms with Crippen molar-refractivity contribution in [3.63, 3.8) is 0 Å². The molecule has 4 rings (SSSR count). The zero-order valence-corrected chi connectivity index (χ0v) is 18.8. The largest absolute Gasteiger partial charge is 0.372 e. The standard InChI is InChI=1S/C23H23N3O2S2/c1-4-28-15(3)22-25-18(13-29-22)12-21(27)24-17-8-6-16(7-9-17)23-26-19-10-5-14(2)11-20(19)30-23/h5-11,13,15H,4,12H2,1-3H3,(H,24,27). The highest BCUT2D eigenvalue weighted by atomic mass is 32.1. The van der Waals surface area contributed by atoms with Crippen molar-refractivity contribution >= 4 is 44.5 Å². The van der Waals surface area contributed by atoms with Crippen molar-refractivity contribution in [1.82, 2.24) is 9.97 Å². The van der Waals surface area contributed by atoms with Crippen molar-refractivity contribution in [3.8, 4) is 10.6 Å². The Kier molecular flexibility index (Phi) is 6.22. The summed E-state index contributed by atoms with van der Waals surface area (Å²) < 4.78 is 6.74. The van der Waals surface area contributed by atoms with E-state index in [4.69, 9.17) is 9.72 Å². The van der Waals surface area contributed by atoms with E-state index in [-0.39, 0.29) is 18.4 Å². The van der Waals surface area contributed by atoms with E-state index in [2.05, 4.69) is 35.4 Å². The van der Waals surface area contributed by atoms with Crippen LogP contribution in [0.4, 0.5) is 5.69 Å². The number of benzene rings is 2. The molecular formula is C23H23N3O2S2. The minimum absolute atomic E-state index is 0.0456. The highest BCUT2D eigenvalue weighted by molar-refractivity contribution is 7.21. The van der Waals surface area contributed by atoms with Crippen molar-refractivity contribution in [3.05, 3.63) is 64.1 Å². The minimum atomic E-state index is -0.0841.